The van der Waals surface area contributed by atoms with Crippen LogP contribution in [0.15, 0.2) is 0 Å². The van der Waals surface area contributed by atoms with Crippen LogP contribution in [0.5, 0.6) is 0 Å². The molecule has 17 heavy (non-hydrogen) atoms. The Hall–Kier alpha value is -0.0600. The minimum Gasteiger partial charge on any atom is -0.550 e. The second-order valence-corrected chi connectivity index (χ2v) is 3.46. The average molecular weight is 254 g/mol. The van der Waals surface area contributed by atoms with Gasteiger partial charge in [-0.05, 0) is 19.8 Å². The zero-order valence-electron chi connectivity index (χ0n) is 11.6. The van der Waals surface area contributed by atoms with Gasteiger partial charge in [0.15, 0.2) is 0 Å². The van der Waals surface area contributed by atoms with Crippen molar-refractivity contribution in [3.05, 3.63) is 0 Å². The minimum atomic E-state index is -0.920. The van der Waals surface area contributed by atoms with Crippen molar-refractivity contribution >= 4 is 11.9 Å². The molecule has 0 atom stereocenters. The quantitative estimate of drug-likeness (QED) is 0.321. The molecule has 0 spiro atoms. The number of hydrogen-bond acceptors (Lipinski definition) is 4. The maximum atomic E-state index is 9.92. The Labute approximate surface area is 126 Å². The molecular formula is C12H23NaO4. The van der Waals surface area contributed by atoms with Crippen molar-refractivity contribution in [2.75, 3.05) is 6.61 Å². The second kappa shape index (κ2) is 18.3. The fourth-order valence-electron chi connectivity index (χ4n) is 1.08. The van der Waals surface area contributed by atoms with E-state index in [2.05, 4.69) is 11.7 Å². The van der Waals surface area contributed by atoms with Crippen molar-refractivity contribution in [2.45, 2.75) is 59.3 Å². The Kier molecular flexibility index (Phi) is 23.9. The van der Waals surface area contributed by atoms with Crippen LogP contribution < -0.4 is 34.7 Å². The topological polar surface area (TPSA) is 66.4 Å². The minimum absolute atomic E-state index is 0. The van der Waals surface area contributed by atoms with Gasteiger partial charge in [-0.1, -0.05) is 32.6 Å². The smallest absolute Gasteiger partial charge is 0.550 e. The van der Waals surface area contributed by atoms with Gasteiger partial charge in [0.25, 0.3) is 0 Å². The van der Waals surface area contributed by atoms with E-state index in [1.165, 1.54) is 19.8 Å². The number of unbranched alkanes of at least 4 members (excludes halogenated alkanes) is 4. The first-order valence-electron chi connectivity index (χ1n) is 5.87. The van der Waals surface area contributed by atoms with Crippen LogP contribution in [-0.2, 0) is 14.3 Å². The Bertz CT molecular complexity index is 183. The summed E-state index contributed by atoms with van der Waals surface area (Å²) in [5.41, 5.74) is 0. The molecule has 96 valence electrons. The van der Waals surface area contributed by atoms with Gasteiger partial charge in [0.05, 0.1) is 6.61 Å². The molecule has 0 amide bonds. The van der Waals surface area contributed by atoms with E-state index in [1.54, 1.807) is 6.92 Å². The van der Waals surface area contributed by atoms with Gasteiger partial charge in [-0.25, -0.2) is 0 Å². The molecule has 0 aromatic carbocycles. The maximum absolute atomic E-state index is 9.92. The SMILES string of the molecule is CCCCCCCC(=O)[O-].CCOC(C)=O.[Na+]. The molecule has 0 saturated heterocycles. The van der Waals surface area contributed by atoms with Crippen LogP contribution in [0.4, 0.5) is 0 Å². The monoisotopic (exact) mass is 254 g/mol. The Balaban J connectivity index is -0.000000244. The van der Waals surface area contributed by atoms with E-state index in [0.717, 1.165) is 19.3 Å². The number of ether oxygens (including phenoxy) is 1. The Morgan fingerprint density at radius 2 is 1.59 bits per heavy atom. The van der Waals surface area contributed by atoms with Gasteiger partial charge in [-0.2, -0.15) is 0 Å². The summed E-state index contributed by atoms with van der Waals surface area (Å²) in [5.74, 6) is -1.13. The van der Waals surface area contributed by atoms with Crippen molar-refractivity contribution < 1.29 is 49.0 Å². The Morgan fingerprint density at radius 1 is 1.06 bits per heavy atom. The van der Waals surface area contributed by atoms with Crippen LogP contribution in [0.3, 0.4) is 0 Å². The van der Waals surface area contributed by atoms with E-state index in [0.29, 0.717) is 6.61 Å². The zero-order valence-corrected chi connectivity index (χ0v) is 13.6. The third-order valence-electron chi connectivity index (χ3n) is 1.83. The fourth-order valence-corrected chi connectivity index (χ4v) is 1.08. The van der Waals surface area contributed by atoms with Crippen molar-refractivity contribution in [1.82, 2.24) is 0 Å². The van der Waals surface area contributed by atoms with Crippen LogP contribution in [0.2, 0.25) is 0 Å². The molecule has 5 heteroatoms. The Morgan fingerprint density at radius 3 is 1.88 bits per heavy atom. The number of esters is 1. The second-order valence-electron chi connectivity index (χ2n) is 3.46. The third-order valence-corrected chi connectivity index (χ3v) is 1.83. The molecule has 0 aromatic heterocycles. The fraction of sp³-hybridized carbons (Fsp3) is 0.833. The van der Waals surface area contributed by atoms with Gasteiger partial charge in [-0.15, -0.1) is 0 Å². The number of carbonyl (C=O) groups excluding carboxylic acids is 2. The van der Waals surface area contributed by atoms with E-state index >= 15 is 0 Å². The summed E-state index contributed by atoms with van der Waals surface area (Å²) >= 11 is 0. The molecule has 0 radical (unpaired) electrons. The molecule has 0 aliphatic rings. The van der Waals surface area contributed by atoms with Crippen molar-refractivity contribution in [3.8, 4) is 0 Å². The summed E-state index contributed by atoms with van der Waals surface area (Å²) in [6.07, 6.45) is 5.61. The normalized spacial score (nSPS) is 8.41. The van der Waals surface area contributed by atoms with Crippen molar-refractivity contribution in [1.29, 1.82) is 0 Å². The number of hydrogen-bond donors (Lipinski definition) is 0. The number of carboxylic acids is 1. The number of aliphatic carboxylic acids is 1. The third kappa shape index (κ3) is 31.4. The molecule has 0 saturated carbocycles. The van der Waals surface area contributed by atoms with E-state index in [-0.39, 0.29) is 41.9 Å². The molecule has 0 rings (SSSR count). The number of carbonyl (C=O) groups is 2. The molecule has 0 heterocycles. The predicted molar refractivity (Wildman–Crippen MR) is 60.7 cm³/mol. The molecule has 0 N–H and O–H groups in total. The molecular weight excluding hydrogens is 231 g/mol. The molecule has 0 aromatic rings. The summed E-state index contributed by atoms with van der Waals surface area (Å²) in [5, 5.41) is 9.92. The summed E-state index contributed by atoms with van der Waals surface area (Å²) in [7, 11) is 0. The van der Waals surface area contributed by atoms with Crippen LogP contribution in [0.25, 0.3) is 0 Å². The standard InChI is InChI=1S/C8H16O2.C4H8O2.Na/c1-2-3-4-5-6-7-8(9)10;1-3-6-4(2)5;/h2-7H2,1H3,(H,9,10);3H2,1-2H3;/q;;+1/p-1. The summed E-state index contributed by atoms with van der Waals surface area (Å²) < 4.78 is 4.40. The van der Waals surface area contributed by atoms with Crippen molar-refractivity contribution in [2.24, 2.45) is 0 Å². The van der Waals surface area contributed by atoms with Gasteiger partial charge in [0, 0.05) is 12.9 Å². The van der Waals surface area contributed by atoms with E-state index in [9.17, 15) is 14.7 Å². The largest absolute Gasteiger partial charge is 1.00 e. The summed E-state index contributed by atoms with van der Waals surface area (Å²) in [6.45, 7) is 5.79. The number of carboxylic acid groups (broad SMARTS) is 1. The summed E-state index contributed by atoms with van der Waals surface area (Å²) in [4.78, 5) is 19.7. The average Bonchev–Trinajstić information content (AvgIpc) is 2.17. The van der Waals surface area contributed by atoms with E-state index < -0.39 is 5.97 Å². The van der Waals surface area contributed by atoms with Gasteiger partial charge < -0.3 is 14.6 Å². The van der Waals surface area contributed by atoms with Gasteiger partial charge >= 0.3 is 35.5 Å². The van der Waals surface area contributed by atoms with Crippen LogP contribution in [-0.4, -0.2) is 18.5 Å². The van der Waals surface area contributed by atoms with Crippen molar-refractivity contribution in [3.63, 3.8) is 0 Å². The first-order chi connectivity index (χ1) is 7.54. The van der Waals surface area contributed by atoms with Crippen LogP contribution in [0, 0.1) is 0 Å². The van der Waals surface area contributed by atoms with E-state index in [4.69, 9.17) is 0 Å². The molecule has 0 aliphatic heterocycles. The van der Waals surface area contributed by atoms with Crippen LogP contribution in [0.1, 0.15) is 59.3 Å². The molecule has 4 nitrogen and oxygen atoms in total. The molecule has 0 unspecified atom stereocenters. The molecule has 0 bridgehead atoms. The molecule has 0 fully saturated rings. The molecule has 0 aliphatic carbocycles. The number of rotatable bonds is 7. The van der Waals surface area contributed by atoms with Gasteiger partial charge in [0.2, 0.25) is 0 Å². The van der Waals surface area contributed by atoms with Gasteiger partial charge in [-0.3, -0.25) is 4.79 Å². The summed E-state index contributed by atoms with van der Waals surface area (Å²) in [6, 6.07) is 0. The first kappa shape index (κ1) is 22.1. The maximum Gasteiger partial charge on any atom is 1.00 e. The van der Waals surface area contributed by atoms with E-state index in [1.807, 2.05) is 0 Å². The van der Waals surface area contributed by atoms with Crippen LogP contribution >= 0.6 is 0 Å². The first-order valence-corrected chi connectivity index (χ1v) is 5.87. The zero-order chi connectivity index (χ0) is 12.8. The van der Waals surface area contributed by atoms with Gasteiger partial charge in [0.1, 0.15) is 0 Å². The predicted octanol–water partition coefficient (Wildman–Crippen LogP) is -1.33.